The SMILES string of the molecule is CC(C)C1=C[C@H](O)[C@]2(C)[C@H]1[C@H]1CC[C@]3(C)O[C@@H]3C[C@]1(C)C[C@@H]2O. The third kappa shape index (κ3) is 1.99. The lowest BCUT2D eigenvalue weighted by Crippen LogP contribution is -2.57. The van der Waals surface area contributed by atoms with Gasteiger partial charge in [0, 0.05) is 5.41 Å². The molecule has 0 aromatic carbocycles. The minimum Gasteiger partial charge on any atom is -0.392 e. The summed E-state index contributed by atoms with van der Waals surface area (Å²) in [7, 11) is 0. The van der Waals surface area contributed by atoms with Gasteiger partial charge in [-0.25, -0.2) is 0 Å². The molecule has 1 aliphatic heterocycles. The van der Waals surface area contributed by atoms with Crippen LogP contribution >= 0.6 is 0 Å². The molecule has 1 saturated heterocycles. The molecular weight excluding hydrogens is 288 g/mol. The van der Waals surface area contributed by atoms with Crippen LogP contribution in [0.5, 0.6) is 0 Å². The molecule has 0 bridgehead atoms. The first-order chi connectivity index (χ1) is 10.6. The smallest absolute Gasteiger partial charge is 0.0920 e. The van der Waals surface area contributed by atoms with Gasteiger partial charge in [0.2, 0.25) is 0 Å². The van der Waals surface area contributed by atoms with E-state index in [1.165, 1.54) is 5.57 Å². The largest absolute Gasteiger partial charge is 0.392 e. The molecule has 1 heterocycles. The number of fused-ring (bicyclic) bond motifs is 4. The van der Waals surface area contributed by atoms with E-state index in [1.54, 1.807) is 0 Å². The highest BCUT2D eigenvalue weighted by molar-refractivity contribution is 5.31. The average molecular weight is 320 g/mol. The lowest BCUT2D eigenvalue weighted by Gasteiger charge is -2.56. The van der Waals surface area contributed by atoms with Crippen LogP contribution in [0.4, 0.5) is 0 Å². The number of epoxide rings is 1. The maximum atomic E-state index is 11.0. The van der Waals surface area contributed by atoms with Crippen LogP contribution in [0.25, 0.3) is 0 Å². The summed E-state index contributed by atoms with van der Waals surface area (Å²) in [6, 6.07) is 0. The molecule has 0 aromatic rings. The Bertz CT molecular complexity index is 555. The topological polar surface area (TPSA) is 53.0 Å². The van der Waals surface area contributed by atoms with Crippen LogP contribution < -0.4 is 0 Å². The molecule has 4 rings (SSSR count). The Morgan fingerprint density at radius 1 is 1.17 bits per heavy atom. The lowest BCUT2D eigenvalue weighted by atomic mass is 9.49. The number of aliphatic hydroxyl groups is 2. The van der Waals surface area contributed by atoms with Crippen molar-refractivity contribution in [3.8, 4) is 0 Å². The molecule has 0 spiro atoms. The van der Waals surface area contributed by atoms with Crippen molar-refractivity contribution in [2.75, 3.05) is 0 Å². The molecule has 0 aromatic heterocycles. The maximum Gasteiger partial charge on any atom is 0.0920 e. The van der Waals surface area contributed by atoms with Crippen LogP contribution in [0.15, 0.2) is 11.6 Å². The van der Waals surface area contributed by atoms with Gasteiger partial charge in [-0.3, -0.25) is 0 Å². The molecule has 4 aliphatic rings. The van der Waals surface area contributed by atoms with Gasteiger partial charge in [-0.15, -0.1) is 0 Å². The fraction of sp³-hybridized carbons (Fsp3) is 0.900. The Morgan fingerprint density at radius 3 is 2.52 bits per heavy atom. The predicted molar refractivity (Wildman–Crippen MR) is 89.9 cm³/mol. The quantitative estimate of drug-likeness (QED) is 0.576. The van der Waals surface area contributed by atoms with Crippen LogP contribution in [-0.2, 0) is 4.74 Å². The van der Waals surface area contributed by atoms with E-state index in [1.807, 2.05) is 0 Å². The first-order valence-corrected chi connectivity index (χ1v) is 9.37. The summed E-state index contributed by atoms with van der Waals surface area (Å²) in [5, 5.41) is 21.8. The van der Waals surface area contributed by atoms with E-state index in [-0.39, 0.29) is 11.0 Å². The summed E-state index contributed by atoms with van der Waals surface area (Å²) in [6.45, 7) is 11.2. The molecule has 0 unspecified atom stereocenters. The van der Waals surface area contributed by atoms with Gasteiger partial charge in [0.05, 0.1) is 23.9 Å². The first-order valence-electron chi connectivity index (χ1n) is 9.37. The van der Waals surface area contributed by atoms with E-state index in [4.69, 9.17) is 4.74 Å². The standard InChI is InChI=1S/C20H32O3/c1-11(2)12-8-14(21)20(5)15(22)9-18(3)10-16-19(4,23-16)7-6-13(18)17(12)20/h8,11,13-17,21-22H,6-7,9-10H2,1-5H3/t13-,14+,15+,16-,17-,18+,19+,20+/m1/s1. The molecule has 3 fully saturated rings. The molecule has 2 N–H and O–H groups in total. The zero-order valence-electron chi connectivity index (χ0n) is 15.2. The number of hydrogen-bond donors (Lipinski definition) is 2. The molecule has 3 heteroatoms. The number of ether oxygens (including phenoxy) is 1. The Balaban J connectivity index is 1.77. The lowest BCUT2D eigenvalue weighted by molar-refractivity contribution is -0.150. The summed E-state index contributed by atoms with van der Waals surface area (Å²) in [6.07, 6.45) is 5.57. The highest BCUT2D eigenvalue weighted by Gasteiger charge is 2.66. The van der Waals surface area contributed by atoms with Crippen molar-refractivity contribution in [2.24, 2.45) is 28.6 Å². The zero-order valence-corrected chi connectivity index (χ0v) is 15.2. The zero-order chi connectivity index (χ0) is 16.8. The minimum atomic E-state index is -0.519. The third-order valence-corrected chi connectivity index (χ3v) is 8.00. The Hall–Kier alpha value is -0.380. The average Bonchev–Trinajstić information content (AvgIpc) is 2.99. The van der Waals surface area contributed by atoms with Gasteiger partial charge < -0.3 is 14.9 Å². The van der Waals surface area contributed by atoms with E-state index in [2.05, 4.69) is 40.7 Å². The summed E-state index contributed by atoms with van der Waals surface area (Å²) in [5.74, 6) is 1.26. The van der Waals surface area contributed by atoms with Gasteiger partial charge in [-0.05, 0) is 55.8 Å². The van der Waals surface area contributed by atoms with Crippen molar-refractivity contribution in [3.63, 3.8) is 0 Å². The third-order valence-electron chi connectivity index (χ3n) is 8.00. The van der Waals surface area contributed by atoms with Crippen molar-refractivity contribution in [2.45, 2.75) is 84.2 Å². The second-order valence-electron chi connectivity index (χ2n) is 9.75. The molecule has 0 radical (unpaired) electrons. The first kappa shape index (κ1) is 16.1. The van der Waals surface area contributed by atoms with E-state index in [0.717, 1.165) is 25.7 Å². The Labute approximate surface area is 140 Å². The highest BCUT2D eigenvalue weighted by Crippen LogP contribution is 2.66. The van der Waals surface area contributed by atoms with Crippen LogP contribution in [0.1, 0.15) is 60.3 Å². The molecule has 8 atom stereocenters. The molecule has 3 aliphatic carbocycles. The number of hydrogen-bond acceptors (Lipinski definition) is 3. The van der Waals surface area contributed by atoms with Crippen molar-refractivity contribution in [1.82, 2.24) is 0 Å². The van der Waals surface area contributed by atoms with Crippen molar-refractivity contribution < 1.29 is 14.9 Å². The van der Waals surface area contributed by atoms with Crippen LogP contribution in [-0.4, -0.2) is 34.1 Å². The molecule has 23 heavy (non-hydrogen) atoms. The van der Waals surface area contributed by atoms with Gasteiger partial charge in [0.1, 0.15) is 0 Å². The van der Waals surface area contributed by atoms with Gasteiger partial charge in [0.25, 0.3) is 0 Å². The molecule has 2 saturated carbocycles. The maximum absolute atomic E-state index is 11.0. The van der Waals surface area contributed by atoms with Crippen molar-refractivity contribution in [1.29, 1.82) is 0 Å². The highest BCUT2D eigenvalue weighted by atomic mass is 16.6. The number of rotatable bonds is 1. The van der Waals surface area contributed by atoms with Crippen LogP contribution in [0.3, 0.4) is 0 Å². The monoisotopic (exact) mass is 320 g/mol. The molecular formula is C20H32O3. The Kier molecular flexibility index (Phi) is 3.23. The van der Waals surface area contributed by atoms with Gasteiger partial charge in [-0.1, -0.05) is 39.3 Å². The van der Waals surface area contributed by atoms with E-state index < -0.39 is 17.6 Å². The second kappa shape index (κ2) is 4.62. The van der Waals surface area contributed by atoms with E-state index in [9.17, 15) is 10.2 Å². The van der Waals surface area contributed by atoms with Gasteiger partial charge in [0.15, 0.2) is 0 Å². The second-order valence-corrected chi connectivity index (χ2v) is 9.75. The van der Waals surface area contributed by atoms with Gasteiger partial charge >= 0.3 is 0 Å². The molecule has 130 valence electrons. The fourth-order valence-corrected chi connectivity index (χ4v) is 6.23. The number of allylic oxidation sites excluding steroid dienone is 1. The van der Waals surface area contributed by atoms with Crippen molar-refractivity contribution >= 4 is 0 Å². The minimum absolute atomic E-state index is 0.0701. The van der Waals surface area contributed by atoms with Crippen LogP contribution in [0.2, 0.25) is 0 Å². The molecule has 3 nitrogen and oxygen atoms in total. The fourth-order valence-electron chi connectivity index (χ4n) is 6.23. The van der Waals surface area contributed by atoms with Crippen LogP contribution in [0, 0.1) is 28.6 Å². The summed E-state index contributed by atoms with van der Waals surface area (Å²) in [5.41, 5.74) is 1.14. The normalized spacial score (nSPS) is 58.1. The summed E-state index contributed by atoms with van der Waals surface area (Å²) < 4.78 is 5.98. The van der Waals surface area contributed by atoms with E-state index >= 15 is 0 Å². The number of aliphatic hydroxyl groups excluding tert-OH is 2. The predicted octanol–water partition coefficient (Wildman–Crippen LogP) is 3.29. The Morgan fingerprint density at radius 2 is 1.87 bits per heavy atom. The summed E-state index contributed by atoms with van der Waals surface area (Å²) in [4.78, 5) is 0. The van der Waals surface area contributed by atoms with E-state index in [0.29, 0.717) is 23.9 Å². The summed E-state index contributed by atoms with van der Waals surface area (Å²) >= 11 is 0. The van der Waals surface area contributed by atoms with Gasteiger partial charge in [-0.2, -0.15) is 0 Å². The van der Waals surface area contributed by atoms with Crippen molar-refractivity contribution in [3.05, 3.63) is 11.6 Å². The molecule has 0 amide bonds.